The zero-order valence-corrected chi connectivity index (χ0v) is 18.6. The fourth-order valence-electron chi connectivity index (χ4n) is 3.08. The Hall–Kier alpha value is -4.07. The molecule has 0 bridgehead atoms. The van der Waals surface area contributed by atoms with Gasteiger partial charge in [0.25, 0.3) is 0 Å². The second kappa shape index (κ2) is 10.0. The lowest BCUT2D eigenvalue weighted by Crippen LogP contribution is -2.47. The molecule has 3 N–H and O–H groups in total. The van der Waals surface area contributed by atoms with E-state index in [2.05, 4.69) is 10.6 Å². The number of benzene rings is 2. The standard InChI is InChI=1S/C25H26N2O6/c1-25(2,3)33-24(31)27-21(22(28)26-20-10-8-18(9-11-20)23(29)30)14-16-4-6-17(7-5-16)19-12-13-32-15-19/h4-13,15,21H,14H2,1-3H3,(H,26,28)(H,27,31)(H,29,30)/t21-/m0/s1. The Morgan fingerprint density at radius 1 is 0.970 bits per heavy atom. The molecule has 0 fully saturated rings. The van der Waals surface area contributed by atoms with E-state index in [4.69, 9.17) is 14.3 Å². The second-order valence-electron chi connectivity index (χ2n) is 8.48. The van der Waals surface area contributed by atoms with Gasteiger partial charge in [-0.05, 0) is 62.2 Å². The van der Waals surface area contributed by atoms with Crippen LogP contribution in [0.1, 0.15) is 36.7 Å². The fourth-order valence-corrected chi connectivity index (χ4v) is 3.08. The summed E-state index contributed by atoms with van der Waals surface area (Å²) in [6, 6.07) is 14.3. The Balaban J connectivity index is 1.75. The molecular weight excluding hydrogens is 424 g/mol. The Bertz CT molecular complexity index is 1100. The summed E-state index contributed by atoms with van der Waals surface area (Å²) < 4.78 is 10.4. The first-order valence-corrected chi connectivity index (χ1v) is 10.4. The van der Waals surface area contributed by atoms with Crippen molar-refractivity contribution < 1.29 is 28.6 Å². The van der Waals surface area contributed by atoms with Crippen LogP contribution in [0.25, 0.3) is 11.1 Å². The largest absolute Gasteiger partial charge is 0.478 e. The molecule has 1 heterocycles. The van der Waals surface area contributed by atoms with Crippen LogP contribution in [-0.4, -0.2) is 34.7 Å². The van der Waals surface area contributed by atoms with E-state index in [1.165, 1.54) is 24.3 Å². The Morgan fingerprint density at radius 3 is 2.18 bits per heavy atom. The minimum absolute atomic E-state index is 0.106. The highest BCUT2D eigenvalue weighted by molar-refractivity contribution is 5.97. The number of ether oxygens (including phenoxy) is 1. The molecule has 2 amide bonds. The number of carboxylic acids is 1. The van der Waals surface area contributed by atoms with Crippen molar-refractivity contribution in [2.45, 2.75) is 38.8 Å². The number of rotatable bonds is 7. The number of hydrogen-bond donors (Lipinski definition) is 3. The Morgan fingerprint density at radius 2 is 1.64 bits per heavy atom. The molecule has 2 aromatic carbocycles. The quantitative estimate of drug-likeness (QED) is 0.479. The number of amides is 2. The lowest BCUT2D eigenvalue weighted by atomic mass is 10.0. The maximum absolute atomic E-state index is 13.0. The first-order chi connectivity index (χ1) is 15.6. The van der Waals surface area contributed by atoms with Crippen molar-refractivity contribution in [3.8, 4) is 11.1 Å². The average molecular weight is 450 g/mol. The smallest absolute Gasteiger partial charge is 0.408 e. The topological polar surface area (TPSA) is 118 Å². The van der Waals surface area contributed by atoms with Gasteiger partial charge in [0.1, 0.15) is 11.6 Å². The van der Waals surface area contributed by atoms with Gasteiger partial charge in [0.05, 0.1) is 18.1 Å². The van der Waals surface area contributed by atoms with E-state index in [0.29, 0.717) is 5.69 Å². The molecular formula is C25H26N2O6. The molecule has 0 aliphatic heterocycles. The van der Waals surface area contributed by atoms with Crippen molar-refractivity contribution in [1.82, 2.24) is 5.32 Å². The van der Waals surface area contributed by atoms with Gasteiger partial charge in [0.15, 0.2) is 0 Å². The lowest BCUT2D eigenvalue weighted by Gasteiger charge is -2.23. The van der Waals surface area contributed by atoms with Crippen molar-refractivity contribution in [2.24, 2.45) is 0 Å². The SMILES string of the molecule is CC(C)(C)OC(=O)N[C@@H](Cc1ccc(-c2ccoc2)cc1)C(=O)Nc1ccc(C(=O)O)cc1. The number of alkyl carbamates (subject to hydrolysis) is 1. The minimum Gasteiger partial charge on any atom is -0.478 e. The summed E-state index contributed by atoms with van der Waals surface area (Å²) in [5.74, 6) is -1.51. The third-order valence-electron chi connectivity index (χ3n) is 4.66. The molecule has 3 rings (SSSR count). The normalized spacial score (nSPS) is 12.0. The van der Waals surface area contributed by atoms with Gasteiger partial charge in [0.2, 0.25) is 5.91 Å². The van der Waals surface area contributed by atoms with E-state index < -0.39 is 29.6 Å². The van der Waals surface area contributed by atoms with Gasteiger partial charge >= 0.3 is 12.1 Å². The summed E-state index contributed by atoms with van der Waals surface area (Å²) in [6.07, 6.45) is 2.76. The van der Waals surface area contributed by atoms with Crippen molar-refractivity contribution in [2.75, 3.05) is 5.32 Å². The number of carbonyl (C=O) groups excluding carboxylic acids is 2. The molecule has 0 aliphatic carbocycles. The summed E-state index contributed by atoms with van der Waals surface area (Å²) in [4.78, 5) is 36.4. The number of carbonyl (C=O) groups is 3. The number of carboxylic acid groups (broad SMARTS) is 1. The Kier molecular flexibility index (Phi) is 7.17. The number of nitrogens with one attached hydrogen (secondary N) is 2. The highest BCUT2D eigenvalue weighted by Crippen LogP contribution is 2.21. The molecule has 8 nitrogen and oxygen atoms in total. The van der Waals surface area contributed by atoms with Crippen molar-refractivity contribution >= 4 is 23.7 Å². The second-order valence-corrected chi connectivity index (χ2v) is 8.48. The van der Waals surface area contributed by atoms with Crippen LogP contribution in [0.3, 0.4) is 0 Å². The van der Waals surface area contributed by atoms with Crippen molar-refractivity contribution in [3.63, 3.8) is 0 Å². The number of furan rings is 1. The number of hydrogen-bond acceptors (Lipinski definition) is 5. The van der Waals surface area contributed by atoms with Gasteiger partial charge in [-0.2, -0.15) is 0 Å². The van der Waals surface area contributed by atoms with Gasteiger partial charge in [-0.1, -0.05) is 24.3 Å². The molecule has 0 radical (unpaired) electrons. The van der Waals surface area contributed by atoms with E-state index in [9.17, 15) is 14.4 Å². The molecule has 3 aromatic rings. The molecule has 1 aromatic heterocycles. The van der Waals surface area contributed by atoms with Crippen LogP contribution in [0.5, 0.6) is 0 Å². The number of aromatic carboxylic acids is 1. The van der Waals surface area contributed by atoms with Crippen molar-refractivity contribution in [1.29, 1.82) is 0 Å². The molecule has 0 saturated carbocycles. The summed E-state index contributed by atoms with van der Waals surface area (Å²) >= 11 is 0. The maximum atomic E-state index is 13.0. The zero-order valence-electron chi connectivity index (χ0n) is 18.6. The highest BCUT2D eigenvalue weighted by atomic mass is 16.6. The minimum atomic E-state index is -1.06. The molecule has 8 heteroatoms. The highest BCUT2D eigenvalue weighted by Gasteiger charge is 2.25. The van der Waals surface area contributed by atoms with E-state index in [0.717, 1.165) is 16.7 Å². The molecule has 1 atom stereocenters. The molecule has 0 saturated heterocycles. The summed E-state index contributed by atoms with van der Waals surface area (Å²) in [5, 5.41) is 14.4. The first kappa shape index (κ1) is 23.6. The first-order valence-electron chi connectivity index (χ1n) is 10.4. The number of anilines is 1. The van der Waals surface area contributed by atoms with Crippen LogP contribution < -0.4 is 10.6 Å². The summed E-state index contributed by atoms with van der Waals surface area (Å²) in [6.45, 7) is 5.21. The van der Waals surface area contributed by atoms with Crippen LogP contribution in [0.15, 0.2) is 71.5 Å². The van der Waals surface area contributed by atoms with E-state index in [1.807, 2.05) is 30.3 Å². The van der Waals surface area contributed by atoms with Gasteiger partial charge in [0, 0.05) is 17.7 Å². The summed E-state index contributed by atoms with van der Waals surface area (Å²) in [7, 11) is 0. The Labute approximate surface area is 191 Å². The van der Waals surface area contributed by atoms with Gasteiger partial charge < -0.3 is 24.9 Å². The monoisotopic (exact) mass is 450 g/mol. The summed E-state index contributed by atoms with van der Waals surface area (Å²) in [5.41, 5.74) is 2.54. The fraction of sp³-hybridized carbons (Fsp3) is 0.240. The lowest BCUT2D eigenvalue weighted by molar-refractivity contribution is -0.118. The third kappa shape index (κ3) is 6.96. The third-order valence-corrected chi connectivity index (χ3v) is 4.66. The molecule has 0 unspecified atom stereocenters. The van der Waals surface area contributed by atoms with Gasteiger partial charge in [-0.3, -0.25) is 4.79 Å². The average Bonchev–Trinajstić information content (AvgIpc) is 3.28. The molecule has 0 aliphatic rings. The molecule has 0 spiro atoms. The van der Waals surface area contributed by atoms with Crippen LogP contribution >= 0.6 is 0 Å². The zero-order chi connectivity index (χ0) is 24.0. The van der Waals surface area contributed by atoms with Crippen LogP contribution in [-0.2, 0) is 16.0 Å². The van der Waals surface area contributed by atoms with Crippen LogP contribution in [0, 0.1) is 0 Å². The maximum Gasteiger partial charge on any atom is 0.408 e. The predicted octanol–water partition coefficient (Wildman–Crippen LogP) is 4.72. The van der Waals surface area contributed by atoms with Crippen LogP contribution in [0.2, 0.25) is 0 Å². The van der Waals surface area contributed by atoms with Gasteiger partial charge in [-0.25, -0.2) is 9.59 Å². The van der Waals surface area contributed by atoms with E-state index in [1.54, 1.807) is 33.3 Å². The van der Waals surface area contributed by atoms with Crippen LogP contribution in [0.4, 0.5) is 10.5 Å². The predicted molar refractivity (Wildman–Crippen MR) is 123 cm³/mol. The molecule has 172 valence electrons. The van der Waals surface area contributed by atoms with E-state index >= 15 is 0 Å². The van der Waals surface area contributed by atoms with Gasteiger partial charge in [-0.15, -0.1) is 0 Å². The van der Waals surface area contributed by atoms with Crippen molar-refractivity contribution in [3.05, 3.63) is 78.3 Å². The van der Waals surface area contributed by atoms with E-state index in [-0.39, 0.29) is 12.0 Å². The molecule has 33 heavy (non-hydrogen) atoms.